The highest BCUT2D eigenvalue weighted by Crippen LogP contribution is 2.22. The number of hydrogen-bond donors (Lipinski definition) is 2. The molecule has 2 rings (SSSR count). The lowest BCUT2D eigenvalue weighted by Gasteiger charge is -2.13. The Morgan fingerprint density at radius 3 is 2.57 bits per heavy atom. The van der Waals surface area contributed by atoms with Crippen LogP contribution in [-0.4, -0.2) is 22.0 Å². The van der Waals surface area contributed by atoms with Crippen LogP contribution < -0.4 is 5.32 Å². The number of carbonyl (C=O) groups is 2. The van der Waals surface area contributed by atoms with Crippen molar-refractivity contribution in [1.29, 1.82) is 0 Å². The zero-order valence-corrected chi connectivity index (χ0v) is 13.4. The average Bonchev–Trinajstić information content (AvgIpc) is 2.94. The maximum atomic E-state index is 12.0. The number of oxazole rings is 1. The summed E-state index contributed by atoms with van der Waals surface area (Å²) in [5.74, 6) is -0.155. The van der Waals surface area contributed by atoms with Crippen LogP contribution in [0.1, 0.15) is 48.3 Å². The molecule has 1 aromatic heterocycles. The van der Waals surface area contributed by atoms with Crippen LogP contribution in [0.25, 0.3) is 0 Å². The topological polar surface area (TPSA) is 92.4 Å². The second-order valence-electron chi connectivity index (χ2n) is 6.28. The van der Waals surface area contributed by atoms with E-state index >= 15 is 0 Å². The Morgan fingerprint density at radius 2 is 1.96 bits per heavy atom. The number of aromatic carboxylic acids is 1. The molecule has 0 saturated heterocycles. The van der Waals surface area contributed by atoms with Gasteiger partial charge in [-0.15, -0.1) is 0 Å². The highest BCUT2D eigenvalue weighted by molar-refractivity contribution is 5.91. The van der Waals surface area contributed by atoms with Gasteiger partial charge in [0.25, 0.3) is 0 Å². The molecule has 2 N–H and O–H groups in total. The predicted molar refractivity (Wildman–Crippen MR) is 84.2 cm³/mol. The molecule has 0 saturated carbocycles. The molecular weight excluding hydrogens is 296 g/mol. The van der Waals surface area contributed by atoms with Gasteiger partial charge in [0, 0.05) is 5.41 Å². The quantitative estimate of drug-likeness (QED) is 0.884. The number of nitrogens with zero attached hydrogens (tertiary/aromatic N) is 1. The van der Waals surface area contributed by atoms with E-state index in [1.807, 2.05) is 20.8 Å². The highest BCUT2D eigenvalue weighted by atomic mass is 16.4. The minimum atomic E-state index is -1.05. The van der Waals surface area contributed by atoms with Crippen LogP contribution >= 0.6 is 0 Å². The smallest absolute Gasteiger partial charge is 0.335 e. The number of aromatic nitrogens is 1. The van der Waals surface area contributed by atoms with Crippen molar-refractivity contribution in [2.75, 3.05) is 0 Å². The number of benzene rings is 1. The van der Waals surface area contributed by atoms with Gasteiger partial charge in [-0.1, -0.05) is 39.0 Å². The zero-order chi connectivity index (χ0) is 17.0. The van der Waals surface area contributed by atoms with Crippen LogP contribution in [0.3, 0.4) is 0 Å². The highest BCUT2D eigenvalue weighted by Gasteiger charge is 2.19. The molecule has 0 bridgehead atoms. The van der Waals surface area contributed by atoms with Gasteiger partial charge in [0.05, 0.1) is 24.7 Å². The molecule has 1 heterocycles. The Morgan fingerprint density at radius 1 is 1.26 bits per heavy atom. The maximum absolute atomic E-state index is 12.0. The lowest BCUT2D eigenvalue weighted by Crippen LogP contribution is -2.25. The van der Waals surface area contributed by atoms with Gasteiger partial charge in [-0.05, 0) is 11.6 Å². The van der Waals surface area contributed by atoms with E-state index in [0.717, 1.165) is 5.76 Å². The predicted octanol–water partition coefficient (Wildman–Crippen LogP) is 2.53. The van der Waals surface area contributed by atoms with Gasteiger partial charge in [0.2, 0.25) is 11.8 Å². The Hall–Kier alpha value is -2.63. The summed E-state index contributed by atoms with van der Waals surface area (Å²) in [4.78, 5) is 27.2. The fraction of sp³-hybridized carbons (Fsp3) is 0.353. The van der Waals surface area contributed by atoms with E-state index < -0.39 is 5.97 Å². The molecule has 1 aromatic carbocycles. The summed E-state index contributed by atoms with van der Waals surface area (Å²) in [6.07, 6.45) is 1.65. The molecule has 122 valence electrons. The second kappa shape index (κ2) is 6.64. The summed E-state index contributed by atoms with van der Waals surface area (Å²) in [5, 5.41) is 11.8. The molecule has 1 amide bonds. The van der Waals surface area contributed by atoms with E-state index in [-0.39, 0.29) is 29.9 Å². The van der Waals surface area contributed by atoms with Crippen LogP contribution in [0.2, 0.25) is 0 Å². The third kappa shape index (κ3) is 4.42. The normalized spacial score (nSPS) is 11.3. The number of amides is 1. The molecule has 0 radical (unpaired) electrons. The summed E-state index contributed by atoms with van der Waals surface area (Å²) >= 11 is 0. The number of nitrogens with one attached hydrogen (secondary N) is 1. The first-order chi connectivity index (χ1) is 10.8. The van der Waals surface area contributed by atoms with Gasteiger partial charge in [-0.2, -0.15) is 0 Å². The summed E-state index contributed by atoms with van der Waals surface area (Å²) in [6, 6.07) is 6.45. The fourth-order valence-electron chi connectivity index (χ4n) is 2.03. The first-order valence-corrected chi connectivity index (χ1v) is 7.30. The second-order valence-corrected chi connectivity index (χ2v) is 6.28. The lowest BCUT2D eigenvalue weighted by molar-refractivity contribution is -0.120. The number of hydrogen-bond acceptors (Lipinski definition) is 4. The van der Waals surface area contributed by atoms with Crippen molar-refractivity contribution in [3.05, 3.63) is 53.2 Å². The summed E-state index contributed by atoms with van der Waals surface area (Å²) in [7, 11) is 0. The molecule has 2 aromatic rings. The van der Waals surface area contributed by atoms with Gasteiger partial charge in [0.1, 0.15) is 5.76 Å². The van der Waals surface area contributed by atoms with E-state index in [0.29, 0.717) is 11.5 Å². The van der Waals surface area contributed by atoms with Crippen molar-refractivity contribution in [2.45, 2.75) is 39.2 Å². The van der Waals surface area contributed by atoms with E-state index in [9.17, 15) is 9.59 Å². The molecule has 0 unspecified atom stereocenters. The Bertz CT molecular complexity index is 713. The van der Waals surface area contributed by atoms with Crippen molar-refractivity contribution in [2.24, 2.45) is 0 Å². The Labute approximate surface area is 134 Å². The van der Waals surface area contributed by atoms with Gasteiger partial charge < -0.3 is 14.8 Å². The minimum Gasteiger partial charge on any atom is -0.478 e. The van der Waals surface area contributed by atoms with Crippen molar-refractivity contribution in [3.8, 4) is 0 Å². The number of rotatable bonds is 5. The number of carboxylic acids is 1. The van der Waals surface area contributed by atoms with Crippen LogP contribution in [0.5, 0.6) is 0 Å². The van der Waals surface area contributed by atoms with E-state index in [2.05, 4.69) is 10.3 Å². The largest absolute Gasteiger partial charge is 0.478 e. The molecule has 0 atom stereocenters. The molecule has 0 aliphatic rings. The molecule has 0 spiro atoms. The van der Waals surface area contributed by atoms with Crippen LogP contribution in [0.4, 0.5) is 0 Å². The number of carbonyl (C=O) groups excluding carboxylic acids is 1. The molecular formula is C17H20N2O4. The summed E-state index contributed by atoms with van der Waals surface area (Å²) in [6.45, 7) is 6.21. The van der Waals surface area contributed by atoms with E-state index in [1.165, 1.54) is 6.07 Å². The first-order valence-electron chi connectivity index (χ1n) is 7.30. The van der Waals surface area contributed by atoms with Gasteiger partial charge in [-0.3, -0.25) is 4.79 Å². The monoisotopic (exact) mass is 316 g/mol. The third-order valence-electron chi connectivity index (χ3n) is 3.33. The Balaban J connectivity index is 1.96. The van der Waals surface area contributed by atoms with Crippen LogP contribution in [0.15, 0.2) is 34.9 Å². The van der Waals surface area contributed by atoms with Gasteiger partial charge in [-0.25, -0.2) is 9.78 Å². The molecule has 23 heavy (non-hydrogen) atoms. The van der Waals surface area contributed by atoms with Crippen molar-refractivity contribution in [1.82, 2.24) is 10.3 Å². The molecule has 6 nitrogen and oxygen atoms in total. The molecule has 0 aliphatic carbocycles. The molecule has 6 heteroatoms. The molecule has 0 fully saturated rings. The average molecular weight is 316 g/mol. The summed E-state index contributed by atoms with van der Waals surface area (Å²) < 4.78 is 5.59. The number of carboxylic acid groups (broad SMARTS) is 1. The van der Waals surface area contributed by atoms with Crippen molar-refractivity contribution >= 4 is 11.9 Å². The van der Waals surface area contributed by atoms with Crippen LogP contribution in [-0.2, 0) is 23.2 Å². The first kappa shape index (κ1) is 16.7. The standard InChI is InChI=1S/C17H20N2O4/c1-17(2,3)13-9-19-15(23-13)10-18-14(20)8-11-6-4-5-7-12(11)16(21)22/h4-7,9H,8,10H2,1-3H3,(H,18,20)(H,21,22). The van der Waals surface area contributed by atoms with Crippen LogP contribution in [0, 0.1) is 0 Å². The van der Waals surface area contributed by atoms with Crippen molar-refractivity contribution < 1.29 is 19.1 Å². The minimum absolute atomic E-state index is 0.00465. The van der Waals surface area contributed by atoms with Gasteiger partial charge >= 0.3 is 5.97 Å². The molecule has 0 aliphatic heterocycles. The van der Waals surface area contributed by atoms with E-state index in [4.69, 9.17) is 9.52 Å². The Kier molecular flexibility index (Phi) is 4.83. The zero-order valence-electron chi connectivity index (χ0n) is 13.4. The van der Waals surface area contributed by atoms with E-state index in [1.54, 1.807) is 24.4 Å². The van der Waals surface area contributed by atoms with Crippen molar-refractivity contribution in [3.63, 3.8) is 0 Å². The maximum Gasteiger partial charge on any atom is 0.335 e. The third-order valence-corrected chi connectivity index (χ3v) is 3.33. The van der Waals surface area contributed by atoms with Gasteiger partial charge in [0.15, 0.2) is 0 Å². The summed E-state index contributed by atoms with van der Waals surface area (Å²) in [5.41, 5.74) is 0.462. The fourth-order valence-corrected chi connectivity index (χ4v) is 2.03. The lowest BCUT2D eigenvalue weighted by atomic mass is 9.94. The SMILES string of the molecule is CC(C)(C)c1cnc(CNC(=O)Cc2ccccc2C(=O)O)o1.